The maximum Gasteiger partial charge on any atom is 0.0754 e. The third-order valence-electron chi connectivity index (χ3n) is 13.6. The number of para-hydroxylation sites is 3. The van der Waals surface area contributed by atoms with E-state index >= 15 is 0 Å². The van der Waals surface area contributed by atoms with Gasteiger partial charge in [-0.2, -0.15) is 0 Å². The zero-order chi connectivity index (χ0) is 41.5. The van der Waals surface area contributed by atoms with E-state index in [1.807, 2.05) is 0 Å². The van der Waals surface area contributed by atoms with Crippen LogP contribution in [0.15, 0.2) is 243 Å². The number of nitrogens with zero attached hydrogens (tertiary/aromatic N) is 2. The van der Waals surface area contributed by atoms with Crippen molar-refractivity contribution >= 4 is 38.9 Å². The maximum atomic E-state index is 2.51. The van der Waals surface area contributed by atoms with E-state index in [-0.39, 0.29) is 0 Å². The van der Waals surface area contributed by atoms with E-state index in [1.54, 1.807) is 0 Å². The lowest BCUT2D eigenvalue weighted by molar-refractivity contribution is 0.748. The summed E-state index contributed by atoms with van der Waals surface area (Å²) in [5, 5.41) is 2.57. The van der Waals surface area contributed by atoms with Gasteiger partial charge in [-0.15, -0.1) is 0 Å². The van der Waals surface area contributed by atoms with Crippen molar-refractivity contribution in [3.63, 3.8) is 0 Å². The molecule has 0 N–H and O–H groups in total. The summed E-state index contributed by atoms with van der Waals surface area (Å²) in [5.74, 6) is 0. The number of anilines is 3. The first-order chi connectivity index (χ1) is 31.3. The highest BCUT2D eigenvalue weighted by Gasteiger charge is 2.50. The van der Waals surface area contributed by atoms with E-state index in [0.29, 0.717) is 0 Å². The van der Waals surface area contributed by atoms with Crippen molar-refractivity contribution in [1.82, 2.24) is 4.57 Å². The van der Waals surface area contributed by atoms with Gasteiger partial charge in [-0.25, -0.2) is 0 Å². The molecule has 1 aliphatic heterocycles. The quantitative estimate of drug-likeness (QED) is 0.163. The molecule has 11 aromatic rings. The van der Waals surface area contributed by atoms with Crippen molar-refractivity contribution in [2.24, 2.45) is 0 Å². The van der Waals surface area contributed by atoms with Crippen LogP contribution in [0, 0.1) is 0 Å². The first-order valence-corrected chi connectivity index (χ1v) is 21.8. The molecule has 2 heterocycles. The molecule has 10 aromatic carbocycles. The summed E-state index contributed by atoms with van der Waals surface area (Å²) >= 11 is 0. The van der Waals surface area contributed by atoms with Crippen molar-refractivity contribution in [3.05, 3.63) is 265 Å². The molecule has 294 valence electrons. The molecule has 0 fully saturated rings. The molecule has 1 aromatic heterocycles. The number of benzene rings is 10. The summed E-state index contributed by atoms with van der Waals surface area (Å²) in [4.78, 5) is 2.43. The van der Waals surface area contributed by atoms with Gasteiger partial charge in [-0.3, -0.25) is 0 Å². The van der Waals surface area contributed by atoms with Gasteiger partial charge in [0.2, 0.25) is 0 Å². The van der Waals surface area contributed by atoms with Crippen molar-refractivity contribution in [1.29, 1.82) is 0 Å². The molecule has 2 nitrogen and oxygen atoms in total. The third-order valence-corrected chi connectivity index (χ3v) is 13.6. The fourth-order valence-electron chi connectivity index (χ4n) is 10.9. The van der Waals surface area contributed by atoms with Crippen LogP contribution in [0.2, 0.25) is 0 Å². The molecule has 1 unspecified atom stereocenters. The van der Waals surface area contributed by atoms with Gasteiger partial charge in [-0.1, -0.05) is 188 Å². The van der Waals surface area contributed by atoms with E-state index in [2.05, 4.69) is 252 Å². The Morgan fingerprint density at radius 3 is 1.63 bits per heavy atom. The normalized spacial score (nSPS) is 14.4. The van der Waals surface area contributed by atoms with Crippen LogP contribution in [-0.4, -0.2) is 4.57 Å². The van der Waals surface area contributed by atoms with E-state index < -0.39 is 5.41 Å². The maximum absolute atomic E-state index is 2.51. The molecular formula is C61H40N2. The molecule has 1 spiro atoms. The lowest BCUT2D eigenvalue weighted by Crippen LogP contribution is -2.33. The minimum Gasteiger partial charge on any atom is -0.310 e. The van der Waals surface area contributed by atoms with Crippen LogP contribution in [-0.2, 0) is 5.41 Å². The number of hydrogen-bond donors (Lipinski definition) is 0. The highest BCUT2D eigenvalue weighted by Crippen LogP contribution is 2.61. The molecule has 13 rings (SSSR count). The molecule has 0 amide bonds. The fraction of sp³-hybridized carbons (Fsp3) is 0.0164. The van der Waals surface area contributed by atoms with E-state index in [4.69, 9.17) is 0 Å². The summed E-state index contributed by atoms with van der Waals surface area (Å²) in [6, 6.07) is 89.5. The monoisotopic (exact) mass is 800 g/mol. The average Bonchev–Trinajstić information content (AvgIpc) is 3.85. The van der Waals surface area contributed by atoms with Crippen molar-refractivity contribution < 1.29 is 0 Å². The SMILES string of the molecule is c1ccc(-c2ccc(N(c3cccc(-c4cccc(-c5ccccc5)c4)c3)c3ccc4c(c3)-c3ccccc3C43c4ccccc4-n4c5ccccc5c5cccc3c54)cc2)cc1. The first-order valence-electron chi connectivity index (χ1n) is 21.8. The number of hydrogen-bond acceptors (Lipinski definition) is 1. The minimum atomic E-state index is -0.503. The molecule has 1 atom stereocenters. The molecule has 2 aliphatic rings. The predicted octanol–water partition coefficient (Wildman–Crippen LogP) is 15.9. The minimum absolute atomic E-state index is 0.503. The van der Waals surface area contributed by atoms with Gasteiger partial charge in [0.25, 0.3) is 0 Å². The van der Waals surface area contributed by atoms with Crippen LogP contribution >= 0.6 is 0 Å². The van der Waals surface area contributed by atoms with Gasteiger partial charge in [0.15, 0.2) is 0 Å². The van der Waals surface area contributed by atoms with Crippen LogP contribution < -0.4 is 4.90 Å². The predicted molar refractivity (Wildman–Crippen MR) is 263 cm³/mol. The van der Waals surface area contributed by atoms with Crippen LogP contribution in [0.25, 0.3) is 72.0 Å². The van der Waals surface area contributed by atoms with Gasteiger partial charge in [0, 0.05) is 27.8 Å². The topological polar surface area (TPSA) is 8.17 Å². The third kappa shape index (κ3) is 5.25. The highest BCUT2D eigenvalue weighted by atomic mass is 15.1. The zero-order valence-corrected chi connectivity index (χ0v) is 34.5. The van der Waals surface area contributed by atoms with Crippen molar-refractivity contribution in [3.8, 4) is 50.2 Å². The Morgan fingerprint density at radius 2 is 0.825 bits per heavy atom. The van der Waals surface area contributed by atoms with Gasteiger partial charge in [0.1, 0.15) is 0 Å². The Bertz CT molecular complexity index is 3560. The highest BCUT2D eigenvalue weighted by molar-refractivity contribution is 6.13. The fourth-order valence-corrected chi connectivity index (χ4v) is 10.9. The Balaban J connectivity index is 1.02. The van der Waals surface area contributed by atoms with Crippen LogP contribution in [0.4, 0.5) is 17.1 Å². The van der Waals surface area contributed by atoms with Crippen LogP contribution in [0.3, 0.4) is 0 Å². The first kappa shape index (κ1) is 35.5. The lowest BCUT2D eigenvalue weighted by atomic mass is 9.65. The molecule has 0 bridgehead atoms. The van der Waals surface area contributed by atoms with Crippen molar-refractivity contribution in [2.75, 3.05) is 4.90 Å². The average molecular weight is 801 g/mol. The Hall–Kier alpha value is -8.20. The molecule has 2 heteroatoms. The second-order valence-corrected chi connectivity index (χ2v) is 16.8. The zero-order valence-electron chi connectivity index (χ0n) is 34.5. The summed E-state index contributed by atoms with van der Waals surface area (Å²) in [6.45, 7) is 0. The van der Waals surface area contributed by atoms with E-state index in [1.165, 1.54) is 94.3 Å². The summed E-state index contributed by atoms with van der Waals surface area (Å²) in [7, 11) is 0. The van der Waals surface area contributed by atoms with Gasteiger partial charge < -0.3 is 9.47 Å². The van der Waals surface area contributed by atoms with Gasteiger partial charge in [-0.05, 0) is 121 Å². The molecular weight excluding hydrogens is 761 g/mol. The molecule has 0 saturated carbocycles. The molecule has 1 aliphatic carbocycles. The Kier molecular flexibility index (Phi) is 7.85. The van der Waals surface area contributed by atoms with E-state index in [9.17, 15) is 0 Å². The molecule has 63 heavy (non-hydrogen) atoms. The summed E-state index contributed by atoms with van der Waals surface area (Å²) < 4.78 is 2.51. The summed E-state index contributed by atoms with van der Waals surface area (Å²) in [6.07, 6.45) is 0. The van der Waals surface area contributed by atoms with E-state index in [0.717, 1.165) is 17.1 Å². The smallest absolute Gasteiger partial charge is 0.0754 e. The van der Waals surface area contributed by atoms with Gasteiger partial charge in [0.05, 0.1) is 22.1 Å². The number of rotatable bonds is 6. The second kappa shape index (κ2) is 13.9. The summed E-state index contributed by atoms with van der Waals surface area (Å²) in [5.41, 5.74) is 21.6. The second-order valence-electron chi connectivity index (χ2n) is 16.8. The van der Waals surface area contributed by atoms with Crippen molar-refractivity contribution in [2.45, 2.75) is 5.41 Å². The number of aromatic nitrogens is 1. The Labute approximate surface area is 367 Å². The standard InChI is InChI=1S/C61H40N2/c1-3-16-41(17-4-1)43-32-34-47(35-33-43)62(48-23-14-22-46(39-48)45-21-13-20-44(38-45)42-18-5-2-6-19-42)49-36-37-55-53(40-49)50-24-7-9-27-54(50)61(55)56-28-10-12-31-59(56)63-58-30-11-8-25-51(58)52-26-15-29-57(61)60(52)63/h1-40H. The lowest BCUT2D eigenvalue weighted by Gasteiger charge is -2.39. The Morgan fingerprint density at radius 1 is 0.302 bits per heavy atom. The van der Waals surface area contributed by atoms with Gasteiger partial charge >= 0.3 is 0 Å². The molecule has 0 saturated heterocycles. The van der Waals surface area contributed by atoms with Crippen LogP contribution in [0.1, 0.15) is 22.3 Å². The molecule has 0 radical (unpaired) electrons. The van der Waals surface area contributed by atoms with Crippen LogP contribution in [0.5, 0.6) is 0 Å². The largest absolute Gasteiger partial charge is 0.310 e. The number of fused-ring (bicyclic) bond motifs is 12.